The molecular weight excluding hydrogens is 809 g/mol. The average Bonchev–Trinajstić information content (AvgIpc) is 3.76. The van der Waals surface area contributed by atoms with Crippen molar-refractivity contribution in [3.8, 4) is 0 Å². The summed E-state index contributed by atoms with van der Waals surface area (Å²) in [7, 11) is 0. The van der Waals surface area contributed by atoms with Crippen molar-refractivity contribution >= 4 is 71.0 Å². The zero-order valence-corrected chi connectivity index (χ0v) is 34.8. The van der Waals surface area contributed by atoms with E-state index in [4.69, 9.17) is 22.4 Å². The molecule has 60 heavy (non-hydrogen) atoms. The van der Waals surface area contributed by atoms with E-state index in [0.29, 0.717) is 56.9 Å². The molecule has 0 saturated carbocycles. The smallest absolute Gasteiger partial charge is 0.315 e. The molecule has 7 atom stereocenters. The first kappa shape index (κ1) is 50.9. The zero-order chi connectivity index (χ0) is 44.6. The van der Waals surface area contributed by atoms with E-state index < -0.39 is 84.4 Å². The largest absolute Gasteiger partial charge is 0.370 e. The predicted octanol–water partition coefficient (Wildman–Crippen LogP) is -3.90. The first-order valence-corrected chi connectivity index (χ1v) is 21.2. The minimum atomic E-state index is -1.36. The predicted molar refractivity (Wildman–Crippen MR) is 217 cm³/mol. The summed E-state index contributed by atoms with van der Waals surface area (Å²) >= 11 is 1.83. The number of primary amides is 2. The number of hydrogen-bond donors (Lipinski definition) is 13. The Bertz CT molecular complexity index is 1520. The summed E-state index contributed by atoms with van der Waals surface area (Å²) in [5.41, 5.74) is 17.6. The molecule has 0 aromatic heterocycles. The van der Waals surface area contributed by atoms with Gasteiger partial charge in [-0.25, -0.2) is 10.3 Å². The molecule has 2 heterocycles. The van der Waals surface area contributed by atoms with Gasteiger partial charge in [0.1, 0.15) is 18.1 Å². The van der Waals surface area contributed by atoms with Crippen molar-refractivity contribution < 1.29 is 53.2 Å². The van der Waals surface area contributed by atoms with Crippen molar-refractivity contribution in [2.75, 3.05) is 31.9 Å². The van der Waals surface area contributed by atoms with Gasteiger partial charge in [-0.2, -0.15) is 11.8 Å². The van der Waals surface area contributed by atoms with Crippen LogP contribution in [0.2, 0.25) is 0 Å². The van der Waals surface area contributed by atoms with Crippen LogP contribution < -0.4 is 65.2 Å². The Balaban J connectivity index is 1.71. The van der Waals surface area contributed by atoms with Gasteiger partial charge in [-0.15, -0.1) is 0 Å². The van der Waals surface area contributed by atoms with Crippen molar-refractivity contribution in [2.24, 2.45) is 23.1 Å². The number of nitrogens with one attached hydrogen (secondary N) is 9. The standard InChI is InChI=1S/C36H62N12O11S/c1-20(43-34(56)21(8-4-6-14-37)16-28(51)48-59)33(55)45-23(12-13-26(38)49)35(57)42-17-29(52)41-18-30(53)44-22(32(39)54)9-5-7-15-40-27(50)11-3-2-10-25-31-24(19-60-25)46-36(58)47-31/h20-25,31,59H,2-19,37H2,1H3,(H2,38,49)(H2,39,54)(H,40,50)(H,41,52)(H,42,57)(H,43,56)(H,44,53)(H,45,55)(H,48,51)(H2,46,47,58)/t20-,21?,22-,23-,24-,25-,31-/m0/s1. The van der Waals surface area contributed by atoms with Crippen molar-refractivity contribution in [3.63, 3.8) is 0 Å². The molecule has 2 rings (SSSR count). The summed E-state index contributed by atoms with van der Waals surface area (Å²) in [6, 6.07) is -3.44. The third kappa shape index (κ3) is 19.7. The fourth-order valence-corrected chi connectivity index (χ4v) is 8.05. The first-order valence-electron chi connectivity index (χ1n) is 20.1. The van der Waals surface area contributed by atoms with E-state index in [1.54, 1.807) is 0 Å². The van der Waals surface area contributed by atoms with Crippen molar-refractivity contribution in [2.45, 2.75) is 126 Å². The quantitative estimate of drug-likeness (QED) is 0.0142. The van der Waals surface area contributed by atoms with Gasteiger partial charge in [-0.1, -0.05) is 12.8 Å². The van der Waals surface area contributed by atoms with E-state index in [2.05, 4.69) is 42.5 Å². The van der Waals surface area contributed by atoms with Crippen LogP contribution in [0, 0.1) is 5.92 Å². The highest BCUT2D eigenvalue weighted by Gasteiger charge is 2.42. The molecule has 0 bridgehead atoms. The second kappa shape index (κ2) is 27.5. The Hall–Kier alpha value is -5.23. The van der Waals surface area contributed by atoms with E-state index in [-0.39, 0.29) is 56.1 Å². The minimum Gasteiger partial charge on any atom is -0.370 e. The number of fused-ring (bicyclic) bond motifs is 1. The van der Waals surface area contributed by atoms with Crippen LogP contribution in [0.1, 0.15) is 90.4 Å². The van der Waals surface area contributed by atoms with Gasteiger partial charge in [-0.05, 0) is 64.8 Å². The van der Waals surface area contributed by atoms with Crippen LogP contribution in [0.5, 0.6) is 0 Å². The summed E-state index contributed by atoms with van der Waals surface area (Å²) in [4.78, 5) is 123. The van der Waals surface area contributed by atoms with E-state index in [1.807, 2.05) is 11.8 Å². The zero-order valence-electron chi connectivity index (χ0n) is 33.9. The lowest BCUT2D eigenvalue weighted by Crippen LogP contribution is -2.54. The fraction of sp³-hybridized carbons (Fsp3) is 0.722. The van der Waals surface area contributed by atoms with E-state index in [9.17, 15) is 47.9 Å². The van der Waals surface area contributed by atoms with Crippen LogP contribution >= 0.6 is 11.8 Å². The van der Waals surface area contributed by atoms with Gasteiger partial charge in [0.05, 0.1) is 25.2 Å². The second-order valence-electron chi connectivity index (χ2n) is 14.7. The van der Waals surface area contributed by atoms with Crippen LogP contribution in [0.4, 0.5) is 4.79 Å². The highest BCUT2D eigenvalue weighted by molar-refractivity contribution is 8.00. The normalized spacial score (nSPS) is 18.5. The van der Waals surface area contributed by atoms with Crippen molar-refractivity contribution in [3.05, 3.63) is 0 Å². The molecule has 2 aliphatic heterocycles. The highest BCUT2D eigenvalue weighted by Crippen LogP contribution is 2.33. The Morgan fingerprint density at radius 2 is 1.45 bits per heavy atom. The molecule has 0 radical (unpaired) electrons. The maximum absolute atomic E-state index is 12.9. The number of urea groups is 1. The number of thioether (sulfide) groups is 1. The Morgan fingerprint density at radius 1 is 0.733 bits per heavy atom. The van der Waals surface area contributed by atoms with Crippen LogP contribution in [0.15, 0.2) is 0 Å². The van der Waals surface area contributed by atoms with E-state index in [0.717, 1.165) is 18.6 Å². The van der Waals surface area contributed by atoms with Crippen molar-refractivity contribution in [1.82, 2.24) is 48.0 Å². The van der Waals surface area contributed by atoms with Gasteiger partial charge in [0, 0.05) is 42.7 Å². The molecule has 24 heteroatoms. The maximum atomic E-state index is 12.9. The number of hydroxylamine groups is 1. The molecule has 0 spiro atoms. The Kier molecular flexibility index (Phi) is 23.3. The molecule has 0 aromatic carbocycles. The lowest BCUT2D eigenvalue weighted by atomic mass is 9.96. The summed E-state index contributed by atoms with van der Waals surface area (Å²) < 4.78 is 0. The molecule has 2 saturated heterocycles. The molecule has 1 unspecified atom stereocenters. The number of carbonyl (C=O) groups is 10. The topological polar surface area (TPSA) is 377 Å². The molecule has 2 fully saturated rings. The van der Waals surface area contributed by atoms with Crippen LogP contribution in [-0.2, 0) is 43.2 Å². The number of nitrogens with two attached hydrogens (primary N) is 3. The van der Waals surface area contributed by atoms with Gasteiger partial charge >= 0.3 is 6.03 Å². The van der Waals surface area contributed by atoms with E-state index >= 15 is 0 Å². The Labute approximate surface area is 352 Å². The number of carbonyl (C=O) groups excluding carboxylic acids is 10. The lowest BCUT2D eigenvalue weighted by molar-refractivity contribution is -0.136. The minimum absolute atomic E-state index is 0.0935. The van der Waals surface area contributed by atoms with Gasteiger partial charge in [-0.3, -0.25) is 48.4 Å². The van der Waals surface area contributed by atoms with Crippen LogP contribution in [0.25, 0.3) is 0 Å². The summed E-state index contributed by atoms with van der Waals surface area (Å²) in [5.74, 6) is -6.35. The van der Waals surface area contributed by atoms with E-state index in [1.165, 1.54) is 12.4 Å². The monoisotopic (exact) mass is 870 g/mol. The van der Waals surface area contributed by atoms with Crippen molar-refractivity contribution in [1.29, 1.82) is 0 Å². The highest BCUT2D eigenvalue weighted by atomic mass is 32.2. The number of unbranched alkanes of at least 4 members (excludes halogenated alkanes) is 3. The third-order valence-corrected chi connectivity index (χ3v) is 11.4. The average molecular weight is 871 g/mol. The van der Waals surface area contributed by atoms with Gasteiger partial charge in [0.15, 0.2) is 0 Å². The van der Waals surface area contributed by atoms with Crippen LogP contribution in [0.3, 0.4) is 0 Å². The molecule has 338 valence electrons. The first-order chi connectivity index (χ1) is 28.5. The molecule has 11 amide bonds. The number of hydrogen-bond acceptors (Lipinski definition) is 13. The number of rotatable bonds is 30. The maximum Gasteiger partial charge on any atom is 0.315 e. The van der Waals surface area contributed by atoms with Gasteiger partial charge < -0.3 is 59.7 Å². The fourth-order valence-electron chi connectivity index (χ4n) is 6.51. The SMILES string of the molecule is C[C@H](NC(=O)C(CCCCN)CC(=O)NO)C(=O)N[C@@H](CCC(N)=O)C(=O)NCC(=O)NCC(=O)N[C@@H](CCCCNC(=O)CCCC[C@@H]1SC[C@@H]2NC(=O)N[C@@H]21)C(N)=O. The summed E-state index contributed by atoms with van der Waals surface area (Å²) in [6.07, 6.45) is 4.42. The van der Waals surface area contributed by atoms with Gasteiger partial charge in [0.2, 0.25) is 53.2 Å². The number of amides is 11. The lowest BCUT2D eigenvalue weighted by Gasteiger charge is -2.22. The summed E-state index contributed by atoms with van der Waals surface area (Å²) in [6.45, 7) is 0.856. The molecule has 2 aliphatic rings. The molecule has 16 N–H and O–H groups in total. The third-order valence-electron chi connectivity index (χ3n) is 9.87. The van der Waals surface area contributed by atoms with Gasteiger partial charge in [0.25, 0.3) is 0 Å². The molecule has 0 aromatic rings. The Morgan fingerprint density at radius 3 is 2.13 bits per heavy atom. The summed E-state index contributed by atoms with van der Waals surface area (Å²) in [5, 5.41) is 29.8. The van der Waals surface area contributed by atoms with Crippen LogP contribution in [-0.4, -0.2) is 132 Å². The molecule has 0 aliphatic carbocycles. The molecule has 23 nitrogen and oxygen atoms in total. The second-order valence-corrected chi connectivity index (χ2v) is 16.0. The molecular formula is C36H62N12O11S.